The van der Waals surface area contributed by atoms with E-state index in [1.165, 1.54) is 0 Å². The molecule has 0 spiro atoms. The number of ether oxygens (including phenoxy) is 1. The third-order valence-electron chi connectivity index (χ3n) is 5.36. The van der Waals surface area contributed by atoms with Gasteiger partial charge in [0.25, 0.3) is 0 Å². The van der Waals surface area contributed by atoms with Gasteiger partial charge in [-0.2, -0.15) is 5.26 Å². The Bertz CT molecular complexity index is 1190. The third-order valence-corrected chi connectivity index (χ3v) is 6.00. The minimum atomic E-state index is 0.214. The molecular weight excluding hydrogens is 370 g/mol. The van der Waals surface area contributed by atoms with Crippen LogP contribution in [0.1, 0.15) is 42.9 Å². The number of hydrogen-bond acceptors (Lipinski definition) is 6. The minimum absolute atomic E-state index is 0.214. The first-order valence-corrected chi connectivity index (χ1v) is 10.4. The van der Waals surface area contributed by atoms with E-state index in [-0.39, 0.29) is 6.10 Å². The van der Waals surface area contributed by atoms with E-state index < -0.39 is 0 Å². The van der Waals surface area contributed by atoms with E-state index in [0.29, 0.717) is 18.0 Å². The zero-order chi connectivity index (χ0) is 19.1. The van der Waals surface area contributed by atoms with Crippen LogP contribution in [0.25, 0.3) is 21.9 Å². The Balaban J connectivity index is 1.77. The second-order valence-corrected chi connectivity index (χ2v) is 7.97. The van der Waals surface area contributed by atoms with Gasteiger partial charge < -0.3 is 9.30 Å². The molecular formula is C21H19N5OS. The highest BCUT2D eigenvalue weighted by Gasteiger charge is 2.26. The van der Waals surface area contributed by atoms with E-state index in [9.17, 15) is 5.26 Å². The maximum atomic E-state index is 9.38. The number of fused-ring (bicyclic) bond motifs is 3. The van der Waals surface area contributed by atoms with Gasteiger partial charge in [0.2, 0.25) is 0 Å². The quantitative estimate of drug-likeness (QED) is 0.524. The van der Waals surface area contributed by atoms with Gasteiger partial charge in [0.05, 0.1) is 46.2 Å². The van der Waals surface area contributed by atoms with Crippen molar-refractivity contribution in [3.05, 3.63) is 52.4 Å². The third kappa shape index (κ3) is 2.95. The van der Waals surface area contributed by atoms with Crippen molar-refractivity contribution in [1.82, 2.24) is 19.5 Å². The van der Waals surface area contributed by atoms with Crippen LogP contribution in [0.3, 0.4) is 0 Å². The van der Waals surface area contributed by atoms with E-state index >= 15 is 0 Å². The smallest absolute Gasteiger partial charge is 0.116 e. The number of benzene rings is 1. The van der Waals surface area contributed by atoms with Gasteiger partial charge in [-0.05, 0) is 38.0 Å². The van der Waals surface area contributed by atoms with E-state index in [4.69, 9.17) is 9.72 Å². The lowest BCUT2D eigenvalue weighted by atomic mass is 10.0. The number of rotatable bonds is 3. The fourth-order valence-electron chi connectivity index (χ4n) is 4.11. The average Bonchev–Trinajstić information content (AvgIpc) is 3.35. The summed E-state index contributed by atoms with van der Waals surface area (Å²) in [5.74, 6) is 0.997. The molecule has 140 valence electrons. The van der Waals surface area contributed by atoms with Crippen molar-refractivity contribution in [2.45, 2.75) is 38.3 Å². The van der Waals surface area contributed by atoms with Crippen LogP contribution in [0, 0.1) is 11.3 Å². The van der Waals surface area contributed by atoms with Crippen molar-refractivity contribution in [2.24, 2.45) is 0 Å². The van der Waals surface area contributed by atoms with Gasteiger partial charge in [0.1, 0.15) is 11.3 Å². The fraction of sp³-hybridized carbons (Fsp3) is 0.333. The summed E-state index contributed by atoms with van der Waals surface area (Å²) in [4.78, 5) is 14.0. The van der Waals surface area contributed by atoms with Crippen molar-refractivity contribution in [3.63, 3.8) is 0 Å². The van der Waals surface area contributed by atoms with Crippen LogP contribution in [0.4, 0.5) is 0 Å². The summed E-state index contributed by atoms with van der Waals surface area (Å²) in [5, 5.41) is 12.4. The number of imidazole rings is 1. The predicted octanol–water partition coefficient (Wildman–Crippen LogP) is 4.24. The molecule has 4 heterocycles. The van der Waals surface area contributed by atoms with Gasteiger partial charge in [-0.1, -0.05) is 0 Å². The molecule has 6 nitrogen and oxygen atoms in total. The summed E-state index contributed by atoms with van der Waals surface area (Å²) in [7, 11) is 0. The Morgan fingerprint density at radius 3 is 3.04 bits per heavy atom. The van der Waals surface area contributed by atoms with Crippen molar-refractivity contribution in [2.75, 3.05) is 6.61 Å². The fourth-order valence-corrected chi connectivity index (χ4v) is 4.67. The maximum Gasteiger partial charge on any atom is 0.116 e. The number of nitriles is 1. The van der Waals surface area contributed by atoms with Gasteiger partial charge in [-0.15, -0.1) is 11.3 Å². The Morgan fingerprint density at radius 2 is 2.25 bits per heavy atom. The van der Waals surface area contributed by atoms with Crippen LogP contribution in [-0.4, -0.2) is 32.2 Å². The molecule has 0 bridgehead atoms. The molecule has 28 heavy (non-hydrogen) atoms. The van der Waals surface area contributed by atoms with Gasteiger partial charge in [0, 0.05) is 29.8 Å². The normalized spacial score (nSPS) is 19.9. The molecule has 0 saturated carbocycles. The van der Waals surface area contributed by atoms with E-state index in [2.05, 4.69) is 32.9 Å². The van der Waals surface area contributed by atoms with Crippen molar-refractivity contribution in [3.8, 4) is 6.07 Å². The van der Waals surface area contributed by atoms with E-state index in [1.807, 2.05) is 29.9 Å². The molecule has 3 aromatic heterocycles. The molecule has 0 N–H and O–H groups in total. The second-order valence-electron chi connectivity index (χ2n) is 7.25. The molecule has 1 fully saturated rings. The SMILES string of the molecule is C[C@@H]1C[C@H](n2c(Cc3cscn3)nc3cnc4ccc(C#N)cc4c32)CCO1. The molecule has 2 atom stereocenters. The molecule has 1 aromatic carbocycles. The Morgan fingerprint density at radius 1 is 1.32 bits per heavy atom. The van der Waals surface area contributed by atoms with Crippen molar-refractivity contribution in [1.29, 1.82) is 5.26 Å². The first-order valence-electron chi connectivity index (χ1n) is 9.41. The zero-order valence-corrected chi connectivity index (χ0v) is 16.3. The molecule has 1 saturated heterocycles. The van der Waals surface area contributed by atoms with Crippen LogP contribution in [0.15, 0.2) is 35.3 Å². The molecule has 0 amide bonds. The molecule has 0 radical (unpaired) electrons. The first kappa shape index (κ1) is 17.3. The molecule has 4 aromatic rings. The summed E-state index contributed by atoms with van der Waals surface area (Å²) in [6.07, 6.45) is 4.63. The summed E-state index contributed by atoms with van der Waals surface area (Å²) in [5.41, 5.74) is 6.33. The van der Waals surface area contributed by atoms with Gasteiger partial charge in [-0.3, -0.25) is 4.98 Å². The first-order chi connectivity index (χ1) is 13.7. The topological polar surface area (TPSA) is 76.6 Å². The Hall–Kier alpha value is -2.82. The van der Waals surface area contributed by atoms with Gasteiger partial charge in [0.15, 0.2) is 0 Å². The average molecular weight is 389 g/mol. The van der Waals surface area contributed by atoms with Crippen LogP contribution in [0.5, 0.6) is 0 Å². The molecule has 0 aliphatic carbocycles. The van der Waals surface area contributed by atoms with Crippen molar-refractivity contribution >= 4 is 33.3 Å². The van der Waals surface area contributed by atoms with Crippen molar-refractivity contribution < 1.29 is 4.74 Å². The molecule has 7 heteroatoms. The van der Waals surface area contributed by atoms with Gasteiger partial charge in [-0.25, -0.2) is 9.97 Å². The zero-order valence-electron chi connectivity index (χ0n) is 15.5. The second kappa shape index (κ2) is 6.97. The Labute approximate surface area is 166 Å². The van der Waals surface area contributed by atoms with E-state index in [1.54, 1.807) is 11.3 Å². The summed E-state index contributed by atoms with van der Waals surface area (Å²) in [6.45, 7) is 2.87. The number of pyridine rings is 1. The Kier molecular flexibility index (Phi) is 4.30. The standard InChI is InChI=1S/C21H19N5OS/c1-13-6-16(4-5-27-13)26-20(8-15-11-28-12-24-15)25-19-10-23-18-3-2-14(9-22)7-17(18)21(19)26/h2-3,7,10-13,16H,4-6,8H2,1H3/t13-,16-/m1/s1. The highest BCUT2D eigenvalue weighted by molar-refractivity contribution is 7.07. The minimum Gasteiger partial charge on any atom is -0.378 e. The predicted molar refractivity (Wildman–Crippen MR) is 108 cm³/mol. The summed E-state index contributed by atoms with van der Waals surface area (Å²) in [6, 6.07) is 8.21. The van der Waals surface area contributed by atoms with Crippen LogP contribution >= 0.6 is 11.3 Å². The number of aromatic nitrogens is 4. The molecule has 0 unspecified atom stereocenters. The molecule has 1 aliphatic heterocycles. The lowest BCUT2D eigenvalue weighted by molar-refractivity contribution is 0.00631. The molecule has 1 aliphatic rings. The molecule has 5 rings (SSSR count). The largest absolute Gasteiger partial charge is 0.378 e. The van der Waals surface area contributed by atoms with Crippen LogP contribution in [0.2, 0.25) is 0 Å². The monoisotopic (exact) mass is 389 g/mol. The lowest BCUT2D eigenvalue weighted by Crippen LogP contribution is -2.26. The number of nitrogens with zero attached hydrogens (tertiary/aromatic N) is 5. The van der Waals surface area contributed by atoms with Crippen LogP contribution in [-0.2, 0) is 11.2 Å². The highest BCUT2D eigenvalue weighted by Crippen LogP contribution is 2.34. The van der Waals surface area contributed by atoms with Gasteiger partial charge >= 0.3 is 0 Å². The summed E-state index contributed by atoms with van der Waals surface area (Å²) >= 11 is 1.60. The number of hydrogen-bond donors (Lipinski definition) is 0. The van der Waals surface area contributed by atoms with E-state index in [0.717, 1.165) is 52.9 Å². The van der Waals surface area contributed by atoms with Crippen LogP contribution < -0.4 is 0 Å². The highest BCUT2D eigenvalue weighted by atomic mass is 32.1. The maximum absolute atomic E-state index is 9.38. The lowest BCUT2D eigenvalue weighted by Gasteiger charge is -2.30. The number of thiazole rings is 1. The summed E-state index contributed by atoms with van der Waals surface area (Å²) < 4.78 is 8.15.